The predicted molar refractivity (Wildman–Crippen MR) is 270 cm³/mol. The van der Waals surface area contributed by atoms with E-state index in [1.807, 2.05) is 0 Å². The number of carbonyl (C=O) groups excluding carboxylic acids is 2. The second kappa shape index (κ2) is 28.1. The Bertz CT molecular complexity index is 2970. The summed E-state index contributed by atoms with van der Waals surface area (Å²) in [5, 5.41) is 0. The maximum atomic E-state index is 13.4. The quantitative estimate of drug-likeness (QED) is 0.0137. The van der Waals surface area contributed by atoms with Crippen LogP contribution in [0.25, 0.3) is 45.6 Å². The number of halogens is 11. The molecular weight excluding hydrogens is 1120 g/mol. The number of carbonyl (C=O) groups is 2. The lowest BCUT2D eigenvalue weighted by Crippen LogP contribution is -2.29. The number of ketones is 1. The van der Waals surface area contributed by atoms with Gasteiger partial charge in [-0.2, -0.15) is 47.9 Å². The molecule has 0 aliphatic rings. The molecule has 4 heterocycles. The van der Waals surface area contributed by atoms with Gasteiger partial charge in [0.15, 0.2) is 29.7 Å². The largest absolute Gasteiger partial charge is 0.523 e. The van der Waals surface area contributed by atoms with Crippen molar-refractivity contribution in [2.24, 2.45) is 0 Å². The molecule has 78 heavy (non-hydrogen) atoms. The number of rotatable bonds is 20. The van der Waals surface area contributed by atoms with Gasteiger partial charge >= 0.3 is 33.9 Å². The molecule has 0 saturated heterocycles. The van der Waals surface area contributed by atoms with Crippen LogP contribution < -0.4 is 6.15 Å². The smallest absolute Gasteiger partial charge is 0.461 e. The van der Waals surface area contributed by atoms with Crippen molar-refractivity contribution >= 4 is 38.0 Å². The fourth-order valence-electron chi connectivity index (χ4n) is 6.22. The van der Waals surface area contributed by atoms with Crippen LogP contribution in [-0.2, 0) is 48.5 Å². The summed E-state index contributed by atoms with van der Waals surface area (Å²) in [7, 11) is -8.71. The lowest BCUT2D eigenvalue weighted by atomic mass is 10.1. The van der Waals surface area contributed by atoms with E-state index >= 15 is 0 Å². The minimum Gasteiger partial charge on any atom is -0.461 e. The molecule has 0 aliphatic carbocycles. The lowest BCUT2D eigenvalue weighted by molar-refractivity contribution is -0.156. The van der Waals surface area contributed by atoms with Gasteiger partial charge in [0.25, 0.3) is 0 Å². The highest BCUT2D eigenvalue weighted by Crippen LogP contribution is 2.34. The standard InChI is InChI=1S/C22H26F4N4O2Si.C21H27FN4O3Si.C3H2F6O3S.H3N.H2O/c1-15(31)18-11-29(14-32-9-10-33(2,3)4)21(28-18)20-19(16-5-7-17(23)8-6-16)27-13-30(20)12-22(24,25)26;1-5-29-21(27)17-12-26(14-28-10-11-30(2,3)4)20(25-17)19-18(23-13-24-19)15-6-8-16(22)9-7-15;4-2(5,6)1-12-13(10,11)3(7,8)9;;/h5-8,11,13H,9-10,12,14H2,1-4H3;6-9,12-13H,5,10-11,14H2,1-4H3,(H,23,24);1H2;1H3;1H2. The number of nitrogens with one attached hydrogen (secondary N) is 1. The van der Waals surface area contributed by atoms with Crippen LogP contribution in [0.2, 0.25) is 51.4 Å². The predicted octanol–water partition coefficient (Wildman–Crippen LogP) is 11.0. The number of Topliss-reactive ketones (excluding diaryl/α,β-unsaturated/α-hetero) is 1. The summed E-state index contributed by atoms with van der Waals surface area (Å²) in [5.74, 6) is -1.01. The van der Waals surface area contributed by atoms with Gasteiger partial charge in [0, 0.05) is 59.8 Å². The number of aromatic amines is 1. The van der Waals surface area contributed by atoms with E-state index in [2.05, 4.69) is 68.4 Å². The minimum absolute atomic E-state index is 0. The first-order valence-electron chi connectivity index (χ1n) is 22.8. The van der Waals surface area contributed by atoms with Crippen molar-refractivity contribution in [3.8, 4) is 45.6 Å². The zero-order valence-corrected chi connectivity index (χ0v) is 46.3. The zero-order chi connectivity index (χ0) is 57.0. The summed E-state index contributed by atoms with van der Waals surface area (Å²) in [6.07, 6.45) is -3.94. The Morgan fingerprint density at radius 1 is 0.679 bits per heavy atom. The minimum atomic E-state index is -6.15. The fraction of sp³-hybridized carbons (Fsp3) is 0.435. The van der Waals surface area contributed by atoms with Crippen molar-refractivity contribution in [3.63, 3.8) is 0 Å². The molecule has 18 nitrogen and oxygen atoms in total. The molecule has 0 radical (unpaired) electrons. The maximum absolute atomic E-state index is 13.4. The molecule has 0 atom stereocenters. The van der Waals surface area contributed by atoms with Crippen LogP contribution in [-0.4, -0.2) is 125 Å². The van der Waals surface area contributed by atoms with Gasteiger partial charge in [-0.25, -0.2) is 33.5 Å². The van der Waals surface area contributed by atoms with E-state index in [0.29, 0.717) is 36.0 Å². The number of alkyl halides is 9. The van der Waals surface area contributed by atoms with Crippen molar-refractivity contribution in [2.75, 3.05) is 26.4 Å². The van der Waals surface area contributed by atoms with Crippen LogP contribution in [0.3, 0.4) is 0 Å². The molecular formula is C46H60F11N9O9SSi2. The summed E-state index contributed by atoms with van der Waals surface area (Å²) in [5.41, 5.74) is -2.89. The van der Waals surface area contributed by atoms with E-state index in [1.54, 1.807) is 36.1 Å². The molecule has 0 unspecified atom stereocenters. The average molecular weight is 1180 g/mol. The highest BCUT2D eigenvalue weighted by molar-refractivity contribution is 7.87. The topological polar surface area (TPSA) is 254 Å². The molecule has 0 fully saturated rings. The van der Waals surface area contributed by atoms with Gasteiger partial charge in [-0.15, -0.1) is 0 Å². The second-order valence-corrected chi connectivity index (χ2v) is 31.8. The van der Waals surface area contributed by atoms with Crippen LogP contribution in [0, 0.1) is 11.6 Å². The van der Waals surface area contributed by atoms with Crippen LogP contribution in [0.4, 0.5) is 48.3 Å². The Hall–Kier alpha value is -6.17. The zero-order valence-electron chi connectivity index (χ0n) is 43.5. The first-order chi connectivity index (χ1) is 35.1. The Labute approximate surface area is 443 Å². The highest BCUT2D eigenvalue weighted by atomic mass is 32.2. The molecule has 0 aliphatic heterocycles. The van der Waals surface area contributed by atoms with Crippen molar-refractivity contribution in [3.05, 3.63) is 96.6 Å². The third kappa shape index (κ3) is 21.2. The van der Waals surface area contributed by atoms with E-state index in [1.165, 1.54) is 54.1 Å². The van der Waals surface area contributed by atoms with Crippen molar-refractivity contribution in [1.82, 2.24) is 44.8 Å². The summed E-state index contributed by atoms with van der Waals surface area (Å²) < 4.78 is 178. The van der Waals surface area contributed by atoms with E-state index in [9.17, 15) is 66.3 Å². The van der Waals surface area contributed by atoms with E-state index < -0.39 is 69.1 Å². The Balaban J connectivity index is 0.000000429. The summed E-state index contributed by atoms with van der Waals surface area (Å²) in [6.45, 7) is 14.4. The summed E-state index contributed by atoms with van der Waals surface area (Å²) in [4.78, 5) is 44.6. The SMILES string of the molecule is CC(=O)c1cn(COCC[Si](C)(C)C)c(-c2c(-c3ccc(F)cc3)ncn2CC(F)(F)F)n1.CCOC(=O)c1cn(COCC[Si](C)(C)C)c(-c2[nH]cnc2-c2ccc(F)cc2)n1.N.O.O=S(=O)(OCC(F)(F)F)C(F)(F)F. The molecule has 0 amide bonds. The fourth-order valence-corrected chi connectivity index (χ4v) is 8.16. The molecule has 32 heteroatoms. The van der Waals surface area contributed by atoms with Gasteiger partial charge in [0.1, 0.15) is 48.7 Å². The normalized spacial score (nSPS) is 12.1. The number of hydrogen-bond acceptors (Lipinski definition) is 13. The monoisotopic (exact) mass is 1180 g/mol. The molecule has 0 saturated carbocycles. The van der Waals surface area contributed by atoms with Crippen molar-refractivity contribution in [1.29, 1.82) is 0 Å². The molecule has 2 aromatic carbocycles. The summed E-state index contributed by atoms with van der Waals surface area (Å²) >= 11 is 0. The van der Waals surface area contributed by atoms with Crippen LogP contribution in [0.1, 0.15) is 34.8 Å². The van der Waals surface area contributed by atoms with Gasteiger partial charge < -0.3 is 44.5 Å². The van der Waals surface area contributed by atoms with Gasteiger partial charge in [-0.3, -0.25) is 8.98 Å². The molecule has 6 N–H and O–H groups in total. The first-order valence-corrected chi connectivity index (χ1v) is 31.6. The summed E-state index contributed by atoms with van der Waals surface area (Å²) in [6, 6.07) is 13.3. The van der Waals surface area contributed by atoms with E-state index in [4.69, 9.17) is 14.2 Å². The Morgan fingerprint density at radius 3 is 1.60 bits per heavy atom. The number of nitrogens with zero attached hydrogens (tertiary/aromatic N) is 7. The van der Waals surface area contributed by atoms with Gasteiger partial charge in [-0.05, 0) is 67.5 Å². The van der Waals surface area contributed by atoms with Gasteiger partial charge in [0.05, 0.1) is 30.6 Å². The van der Waals surface area contributed by atoms with E-state index in [-0.39, 0.29) is 71.9 Å². The third-order valence-corrected chi connectivity index (χ3v) is 14.4. The Kier molecular flexibility index (Phi) is 24.5. The molecule has 0 bridgehead atoms. The molecule has 4 aromatic heterocycles. The number of aromatic nitrogens is 8. The lowest BCUT2D eigenvalue weighted by Gasteiger charge is -2.17. The van der Waals surface area contributed by atoms with Crippen LogP contribution in [0.15, 0.2) is 73.6 Å². The number of esters is 1. The molecule has 0 spiro atoms. The molecule has 6 aromatic rings. The Morgan fingerprint density at radius 2 is 1.15 bits per heavy atom. The van der Waals surface area contributed by atoms with Gasteiger partial charge in [-0.1, -0.05) is 39.3 Å². The van der Waals surface area contributed by atoms with Crippen LogP contribution >= 0.6 is 0 Å². The van der Waals surface area contributed by atoms with Crippen molar-refractivity contribution in [2.45, 2.75) is 103 Å². The van der Waals surface area contributed by atoms with Crippen LogP contribution in [0.5, 0.6) is 0 Å². The number of H-pyrrole nitrogens is 1. The number of hydrogen-bond donors (Lipinski definition) is 2. The number of ether oxygens (including phenoxy) is 3. The van der Waals surface area contributed by atoms with E-state index in [0.717, 1.165) is 28.5 Å². The molecule has 6 rings (SSSR count). The third-order valence-electron chi connectivity index (χ3n) is 10.0. The van der Waals surface area contributed by atoms with Crippen molar-refractivity contribution < 1.29 is 90.2 Å². The first kappa shape index (κ1) is 67.9. The number of imidazole rings is 4. The average Bonchev–Trinajstić information content (AvgIpc) is 4.12. The second-order valence-electron chi connectivity index (χ2n) is 18.9. The maximum Gasteiger partial charge on any atom is 0.523 e. The molecule has 434 valence electrons. The van der Waals surface area contributed by atoms with Gasteiger partial charge in [0.2, 0.25) is 0 Å². The number of benzene rings is 2. The highest BCUT2D eigenvalue weighted by Gasteiger charge is 2.49.